The highest BCUT2D eigenvalue weighted by Gasteiger charge is 2.45. The van der Waals surface area contributed by atoms with Crippen LogP contribution in [0.5, 0.6) is 0 Å². The molecular weight excluding hydrogens is 358 g/mol. The molecule has 1 heterocycles. The molecule has 7 heteroatoms. The van der Waals surface area contributed by atoms with Crippen LogP contribution in [0.2, 0.25) is 0 Å². The van der Waals surface area contributed by atoms with Crippen LogP contribution in [0, 0.1) is 11.3 Å². The number of Topliss-reactive ketones (excluding diaryl/α,β-unsaturated/α-hetero) is 1. The first-order valence-corrected chi connectivity index (χ1v) is 10.0. The van der Waals surface area contributed by atoms with E-state index in [1.54, 1.807) is 12.2 Å². The fourth-order valence-electron chi connectivity index (χ4n) is 4.11. The molecule has 0 bridgehead atoms. The van der Waals surface area contributed by atoms with Gasteiger partial charge in [0.25, 0.3) is 0 Å². The molecule has 1 unspecified atom stereocenters. The minimum atomic E-state index is -1.12. The van der Waals surface area contributed by atoms with Crippen LogP contribution in [0.4, 0.5) is 0 Å². The lowest BCUT2D eigenvalue weighted by Gasteiger charge is -2.37. The second-order valence-electron chi connectivity index (χ2n) is 8.40. The Hall–Kier alpha value is -1.99. The Balaban J connectivity index is 2.24. The zero-order chi connectivity index (χ0) is 20.9. The minimum absolute atomic E-state index is 0.00387. The summed E-state index contributed by atoms with van der Waals surface area (Å²) in [7, 11) is 1.47. The molecule has 0 aromatic rings. The number of carbonyl (C=O) groups is 3. The normalized spacial score (nSPS) is 26.2. The molecule has 1 aliphatic carbocycles. The zero-order valence-electron chi connectivity index (χ0n) is 17.1. The van der Waals surface area contributed by atoms with Crippen LogP contribution in [0.15, 0.2) is 24.3 Å². The number of carboxylic acids is 1. The van der Waals surface area contributed by atoms with Gasteiger partial charge in [-0.2, -0.15) is 0 Å². The highest BCUT2D eigenvalue weighted by atomic mass is 16.4. The SMILES string of the molecule is CC(C)C[C@H](N)C(=O)N(C)[C@@H](CC1(C(=O)[C@@H]2CCCN2)C=CC=CC1)C(=O)O. The average molecular weight is 392 g/mol. The number of ketones is 1. The topological polar surface area (TPSA) is 113 Å². The van der Waals surface area contributed by atoms with Gasteiger partial charge >= 0.3 is 5.97 Å². The first-order chi connectivity index (χ1) is 13.2. The van der Waals surface area contributed by atoms with Crippen molar-refractivity contribution in [3.8, 4) is 0 Å². The van der Waals surface area contributed by atoms with E-state index in [1.165, 1.54) is 11.9 Å². The Morgan fingerprint density at radius 2 is 2.04 bits per heavy atom. The number of nitrogens with one attached hydrogen (secondary N) is 1. The maximum atomic E-state index is 13.3. The molecule has 0 radical (unpaired) electrons. The van der Waals surface area contributed by atoms with E-state index in [4.69, 9.17) is 5.73 Å². The van der Waals surface area contributed by atoms with Crippen LogP contribution < -0.4 is 11.1 Å². The number of likely N-dealkylation sites (N-methyl/N-ethyl adjacent to an activating group) is 1. The molecule has 156 valence electrons. The molecular formula is C21H33N3O4. The Bertz CT molecular complexity index is 652. The van der Waals surface area contributed by atoms with Gasteiger partial charge in [-0.05, 0) is 44.6 Å². The highest BCUT2D eigenvalue weighted by Crippen LogP contribution is 2.37. The van der Waals surface area contributed by atoms with Gasteiger partial charge in [0.2, 0.25) is 5.91 Å². The Labute approximate surface area is 167 Å². The number of rotatable bonds is 9. The van der Waals surface area contributed by atoms with Gasteiger partial charge in [0.15, 0.2) is 5.78 Å². The van der Waals surface area contributed by atoms with E-state index in [0.29, 0.717) is 12.8 Å². The molecule has 1 aliphatic heterocycles. The molecule has 0 aromatic heterocycles. The molecule has 0 spiro atoms. The third-order valence-corrected chi connectivity index (χ3v) is 5.71. The second-order valence-corrected chi connectivity index (χ2v) is 8.40. The van der Waals surface area contributed by atoms with Crippen molar-refractivity contribution >= 4 is 17.7 Å². The lowest BCUT2D eigenvalue weighted by atomic mass is 9.70. The number of hydrogen-bond donors (Lipinski definition) is 3. The summed E-state index contributed by atoms with van der Waals surface area (Å²) >= 11 is 0. The van der Waals surface area contributed by atoms with Crippen molar-refractivity contribution in [1.82, 2.24) is 10.2 Å². The molecule has 4 atom stereocenters. The van der Waals surface area contributed by atoms with Crippen LogP contribution in [0.3, 0.4) is 0 Å². The molecule has 0 aromatic carbocycles. The van der Waals surface area contributed by atoms with E-state index >= 15 is 0 Å². The number of nitrogens with two attached hydrogens (primary N) is 1. The lowest BCUT2D eigenvalue weighted by molar-refractivity contribution is -0.151. The lowest BCUT2D eigenvalue weighted by Crippen LogP contribution is -2.53. The predicted octanol–water partition coefficient (Wildman–Crippen LogP) is 1.49. The highest BCUT2D eigenvalue weighted by molar-refractivity contribution is 5.93. The predicted molar refractivity (Wildman–Crippen MR) is 108 cm³/mol. The fraction of sp³-hybridized carbons (Fsp3) is 0.667. The monoisotopic (exact) mass is 391 g/mol. The molecule has 1 saturated heterocycles. The summed E-state index contributed by atoms with van der Waals surface area (Å²) in [5, 5.41) is 13.1. The third-order valence-electron chi connectivity index (χ3n) is 5.71. The van der Waals surface area contributed by atoms with Crippen LogP contribution in [-0.2, 0) is 14.4 Å². The van der Waals surface area contributed by atoms with Crippen molar-refractivity contribution in [2.24, 2.45) is 17.1 Å². The van der Waals surface area contributed by atoms with Gasteiger partial charge in [-0.1, -0.05) is 38.2 Å². The van der Waals surface area contributed by atoms with Crippen molar-refractivity contribution in [1.29, 1.82) is 0 Å². The van der Waals surface area contributed by atoms with Gasteiger partial charge in [-0.3, -0.25) is 9.59 Å². The summed E-state index contributed by atoms with van der Waals surface area (Å²) in [4.78, 5) is 39.2. The first-order valence-electron chi connectivity index (χ1n) is 10.0. The number of amides is 1. The number of allylic oxidation sites excluding steroid dienone is 4. The van der Waals surface area contributed by atoms with E-state index in [2.05, 4.69) is 5.32 Å². The summed E-state index contributed by atoms with van der Waals surface area (Å²) in [6.45, 7) is 4.71. The Kier molecular flexibility index (Phi) is 7.55. The smallest absolute Gasteiger partial charge is 0.326 e. The van der Waals surface area contributed by atoms with E-state index in [1.807, 2.05) is 26.0 Å². The molecule has 1 amide bonds. The van der Waals surface area contributed by atoms with Crippen LogP contribution in [0.1, 0.15) is 46.0 Å². The number of nitrogens with zero attached hydrogens (tertiary/aromatic N) is 1. The maximum Gasteiger partial charge on any atom is 0.326 e. The molecule has 28 heavy (non-hydrogen) atoms. The minimum Gasteiger partial charge on any atom is -0.480 e. The second kappa shape index (κ2) is 9.47. The molecule has 7 nitrogen and oxygen atoms in total. The van der Waals surface area contributed by atoms with E-state index in [-0.39, 0.29) is 24.2 Å². The van der Waals surface area contributed by atoms with Gasteiger partial charge < -0.3 is 21.1 Å². The van der Waals surface area contributed by atoms with Crippen LogP contribution in [0.25, 0.3) is 0 Å². The molecule has 2 rings (SSSR count). The van der Waals surface area contributed by atoms with E-state index < -0.39 is 29.4 Å². The zero-order valence-corrected chi connectivity index (χ0v) is 17.1. The third kappa shape index (κ3) is 5.08. The Morgan fingerprint density at radius 1 is 1.32 bits per heavy atom. The van der Waals surface area contributed by atoms with Crippen molar-refractivity contribution in [2.75, 3.05) is 13.6 Å². The fourth-order valence-corrected chi connectivity index (χ4v) is 4.11. The van der Waals surface area contributed by atoms with Gasteiger partial charge in [-0.25, -0.2) is 4.79 Å². The largest absolute Gasteiger partial charge is 0.480 e. The molecule has 4 N–H and O–H groups in total. The number of aliphatic carboxylic acids is 1. The summed E-state index contributed by atoms with van der Waals surface area (Å²) < 4.78 is 0. The van der Waals surface area contributed by atoms with Crippen LogP contribution in [-0.4, -0.2) is 59.4 Å². The standard InChI is InChI=1S/C21H33N3O4/c1-14(2)12-15(22)19(26)24(3)17(20(27)28)13-21(9-5-4-6-10-21)18(25)16-8-7-11-23-16/h4-6,9,14-17,23H,7-8,10-13,22H2,1-3H3,(H,27,28)/t15-,16-,17-,21?/m0/s1. The van der Waals surface area contributed by atoms with Crippen molar-refractivity contribution in [2.45, 2.75) is 64.1 Å². The van der Waals surface area contributed by atoms with E-state index in [9.17, 15) is 19.5 Å². The summed E-state index contributed by atoms with van der Waals surface area (Å²) in [6, 6.07) is -2.14. The summed E-state index contributed by atoms with van der Waals surface area (Å²) in [5.41, 5.74) is 5.06. The van der Waals surface area contributed by atoms with Crippen molar-refractivity contribution < 1.29 is 19.5 Å². The molecule has 2 aliphatic rings. The van der Waals surface area contributed by atoms with Gasteiger partial charge in [-0.15, -0.1) is 0 Å². The molecule has 0 saturated carbocycles. The van der Waals surface area contributed by atoms with Gasteiger partial charge in [0.1, 0.15) is 6.04 Å². The number of carboxylic acid groups (broad SMARTS) is 1. The number of carbonyl (C=O) groups excluding carboxylic acids is 2. The Morgan fingerprint density at radius 3 is 2.54 bits per heavy atom. The van der Waals surface area contributed by atoms with Gasteiger partial charge in [0, 0.05) is 7.05 Å². The quantitative estimate of drug-likeness (QED) is 0.549. The van der Waals surface area contributed by atoms with Gasteiger partial charge in [0.05, 0.1) is 17.5 Å². The first kappa shape index (κ1) is 22.3. The van der Waals surface area contributed by atoms with Crippen molar-refractivity contribution in [3.05, 3.63) is 24.3 Å². The summed E-state index contributed by atoms with van der Waals surface area (Å²) in [6.07, 6.45) is 9.98. The number of hydrogen-bond acceptors (Lipinski definition) is 5. The maximum absolute atomic E-state index is 13.3. The molecule has 1 fully saturated rings. The van der Waals surface area contributed by atoms with E-state index in [0.717, 1.165) is 19.4 Å². The average Bonchev–Trinajstić information content (AvgIpc) is 3.19. The van der Waals surface area contributed by atoms with Crippen LogP contribution >= 0.6 is 0 Å². The summed E-state index contributed by atoms with van der Waals surface area (Å²) in [5.74, 6) is -1.30. The van der Waals surface area contributed by atoms with Crippen molar-refractivity contribution in [3.63, 3.8) is 0 Å².